The summed E-state index contributed by atoms with van der Waals surface area (Å²) in [6.07, 6.45) is 1.28. The second-order valence-electron chi connectivity index (χ2n) is 9.56. The Hall–Kier alpha value is -3.21. The predicted molar refractivity (Wildman–Crippen MR) is 148 cm³/mol. The predicted octanol–water partition coefficient (Wildman–Crippen LogP) is 6.04. The number of nitrogens with zero attached hydrogens (tertiary/aromatic N) is 3. The lowest BCUT2D eigenvalue weighted by Crippen LogP contribution is -2.47. The van der Waals surface area contributed by atoms with Gasteiger partial charge in [0.05, 0.1) is 35.5 Å². The molecule has 1 aliphatic rings. The average Bonchev–Trinajstić information content (AvgIpc) is 3.63. The minimum absolute atomic E-state index is 0.0701. The first-order chi connectivity index (χ1) is 18.3. The molecule has 1 aliphatic heterocycles. The summed E-state index contributed by atoms with van der Waals surface area (Å²) in [5, 5.41) is 8.07. The Morgan fingerprint density at radius 3 is 2.63 bits per heavy atom. The number of benzene rings is 1. The summed E-state index contributed by atoms with van der Waals surface area (Å²) in [6, 6.07) is 11.6. The van der Waals surface area contributed by atoms with Gasteiger partial charge in [0.25, 0.3) is 0 Å². The molecule has 0 unspecified atom stereocenters. The Morgan fingerprint density at radius 2 is 1.97 bits per heavy atom. The molecule has 3 aromatic heterocycles. The largest absolute Gasteiger partial charge is 0.497 e. The maximum Gasteiger partial charge on any atom is 0.414 e. The number of ether oxygens (including phenoxy) is 3. The minimum atomic E-state index is -0.489. The molecule has 1 amide bonds. The third-order valence-electron chi connectivity index (χ3n) is 6.85. The van der Waals surface area contributed by atoms with Crippen LogP contribution in [0.5, 0.6) is 17.4 Å². The fraction of sp³-hybridized carbons (Fsp3) is 0.407. The summed E-state index contributed by atoms with van der Waals surface area (Å²) in [6.45, 7) is 6.58. The van der Waals surface area contributed by atoms with Crippen molar-refractivity contribution in [3.8, 4) is 28.0 Å². The van der Waals surface area contributed by atoms with Gasteiger partial charge >= 0.3 is 6.09 Å². The van der Waals surface area contributed by atoms with E-state index >= 15 is 0 Å². The van der Waals surface area contributed by atoms with Crippen LogP contribution < -0.4 is 19.5 Å². The standard InChI is InChI=1S/C27H31ClN4O5S/c1-16(2)31-9-7-17(8-10-31)29-27(33)36-26-14-20-21(12-19(34-3)13-22(20)35-4)32(26)15-18-11-23(37-30-18)24-5-6-25(28)38-24/h5-6,11-14,16-17H,7-10,15H2,1-4H3,(H,29,33). The summed E-state index contributed by atoms with van der Waals surface area (Å²) < 4.78 is 25.1. The number of fused-ring (bicyclic) bond motifs is 1. The lowest BCUT2D eigenvalue weighted by atomic mass is 10.0. The molecule has 1 saturated heterocycles. The van der Waals surface area contributed by atoms with Crippen molar-refractivity contribution in [2.75, 3.05) is 27.3 Å². The van der Waals surface area contributed by atoms with Crippen LogP contribution in [0.3, 0.4) is 0 Å². The molecular formula is C27H31ClN4O5S. The average molecular weight is 559 g/mol. The molecule has 5 rings (SSSR count). The van der Waals surface area contributed by atoms with Gasteiger partial charge in [-0.25, -0.2) is 4.79 Å². The number of amides is 1. The van der Waals surface area contributed by atoms with E-state index < -0.39 is 6.09 Å². The number of carbonyl (C=O) groups is 1. The van der Waals surface area contributed by atoms with Crippen LogP contribution >= 0.6 is 22.9 Å². The fourth-order valence-corrected chi connectivity index (χ4v) is 5.76. The number of thiophene rings is 1. The molecule has 0 saturated carbocycles. The molecule has 0 bridgehead atoms. The first kappa shape index (κ1) is 26.4. The maximum atomic E-state index is 13.0. The van der Waals surface area contributed by atoms with Gasteiger partial charge in [-0.2, -0.15) is 0 Å². The molecule has 202 valence electrons. The molecular weight excluding hydrogens is 528 g/mol. The van der Waals surface area contributed by atoms with Crippen LogP contribution in [0.4, 0.5) is 4.79 Å². The van der Waals surface area contributed by atoms with E-state index in [1.807, 2.05) is 28.8 Å². The Bertz CT molecular complexity index is 1420. The van der Waals surface area contributed by atoms with Crippen molar-refractivity contribution < 1.29 is 23.5 Å². The smallest absolute Gasteiger partial charge is 0.414 e. The number of carbonyl (C=O) groups excluding carboxylic acids is 1. The number of methoxy groups -OCH3 is 2. The number of aromatic nitrogens is 2. The maximum absolute atomic E-state index is 13.0. The van der Waals surface area contributed by atoms with Crippen LogP contribution in [-0.4, -0.2) is 60.1 Å². The molecule has 11 heteroatoms. The van der Waals surface area contributed by atoms with Crippen LogP contribution in [0.25, 0.3) is 21.5 Å². The summed E-state index contributed by atoms with van der Waals surface area (Å²) in [7, 11) is 3.19. The third kappa shape index (κ3) is 5.62. The van der Waals surface area contributed by atoms with Gasteiger partial charge in [0.15, 0.2) is 5.76 Å². The zero-order valence-electron chi connectivity index (χ0n) is 21.8. The number of hydrogen-bond donors (Lipinski definition) is 1. The van der Waals surface area contributed by atoms with Crippen LogP contribution in [0, 0.1) is 0 Å². The van der Waals surface area contributed by atoms with Crippen LogP contribution in [-0.2, 0) is 6.54 Å². The molecule has 0 aliphatic carbocycles. The van der Waals surface area contributed by atoms with E-state index in [1.165, 1.54) is 11.3 Å². The quantitative estimate of drug-likeness (QED) is 0.282. The fourth-order valence-electron chi connectivity index (χ4n) is 4.77. The number of likely N-dealkylation sites (tertiary alicyclic amines) is 1. The second kappa shape index (κ2) is 11.3. The molecule has 4 aromatic rings. The van der Waals surface area contributed by atoms with Gasteiger partial charge in [0.2, 0.25) is 5.88 Å². The summed E-state index contributed by atoms with van der Waals surface area (Å²) in [5.74, 6) is 2.22. The van der Waals surface area contributed by atoms with E-state index in [9.17, 15) is 4.79 Å². The van der Waals surface area contributed by atoms with Gasteiger partial charge in [-0.1, -0.05) is 16.8 Å². The minimum Gasteiger partial charge on any atom is -0.497 e. The number of piperidine rings is 1. The molecule has 1 fully saturated rings. The zero-order valence-corrected chi connectivity index (χ0v) is 23.4. The Kier molecular flexibility index (Phi) is 7.83. The highest BCUT2D eigenvalue weighted by Crippen LogP contribution is 2.37. The Labute approximate surface area is 230 Å². The van der Waals surface area contributed by atoms with E-state index in [2.05, 4.69) is 29.2 Å². The number of hydrogen-bond acceptors (Lipinski definition) is 8. The van der Waals surface area contributed by atoms with Crippen molar-refractivity contribution in [1.82, 2.24) is 19.9 Å². The first-order valence-corrected chi connectivity index (χ1v) is 13.7. The molecule has 0 radical (unpaired) electrons. The second-order valence-corrected chi connectivity index (χ2v) is 11.3. The molecule has 0 spiro atoms. The van der Waals surface area contributed by atoms with Crippen molar-refractivity contribution in [2.45, 2.75) is 45.3 Å². The van der Waals surface area contributed by atoms with E-state index in [0.717, 1.165) is 41.7 Å². The number of rotatable bonds is 8. The topological polar surface area (TPSA) is 91.0 Å². The van der Waals surface area contributed by atoms with Crippen LogP contribution in [0.2, 0.25) is 4.34 Å². The molecule has 0 atom stereocenters. The molecule has 1 aromatic carbocycles. The highest BCUT2D eigenvalue weighted by atomic mass is 35.5. The van der Waals surface area contributed by atoms with Crippen LogP contribution in [0.15, 0.2) is 40.9 Å². The van der Waals surface area contributed by atoms with Crippen molar-refractivity contribution >= 4 is 39.9 Å². The molecule has 4 heterocycles. The normalized spacial score (nSPS) is 14.8. The van der Waals surface area contributed by atoms with Crippen LogP contribution in [0.1, 0.15) is 32.4 Å². The molecule has 38 heavy (non-hydrogen) atoms. The lowest BCUT2D eigenvalue weighted by molar-refractivity contribution is 0.151. The third-order valence-corrected chi connectivity index (χ3v) is 8.09. The first-order valence-electron chi connectivity index (χ1n) is 12.5. The zero-order chi connectivity index (χ0) is 26.8. The lowest BCUT2D eigenvalue weighted by Gasteiger charge is -2.34. The number of halogens is 1. The SMILES string of the molecule is COc1cc(OC)c2cc(OC(=O)NC3CCN(C(C)C)CC3)n(Cc3cc(-c4ccc(Cl)s4)on3)c2c1. The van der Waals surface area contributed by atoms with Gasteiger partial charge in [-0.15, -0.1) is 11.3 Å². The van der Waals surface area contributed by atoms with Crippen molar-refractivity contribution in [3.05, 3.63) is 46.4 Å². The Balaban J connectivity index is 1.41. The van der Waals surface area contributed by atoms with Gasteiger partial charge in [-0.3, -0.25) is 0 Å². The summed E-state index contributed by atoms with van der Waals surface area (Å²) in [4.78, 5) is 16.3. The molecule has 1 N–H and O–H groups in total. The van der Waals surface area contributed by atoms with Crippen molar-refractivity contribution in [2.24, 2.45) is 0 Å². The monoisotopic (exact) mass is 558 g/mol. The highest BCUT2D eigenvalue weighted by molar-refractivity contribution is 7.19. The van der Waals surface area contributed by atoms with Gasteiger partial charge in [-0.05, 0) is 38.8 Å². The van der Waals surface area contributed by atoms with Gasteiger partial charge < -0.3 is 33.5 Å². The summed E-state index contributed by atoms with van der Waals surface area (Å²) >= 11 is 7.50. The highest BCUT2D eigenvalue weighted by Gasteiger charge is 2.24. The number of nitrogens with one attached hydrogen (secondary N) is 1. The van der Waals surface area contributed by atoms with E-state index in [-0.39, 0.29) is 6.04 Å². The van der Waals surface area contributed by atoms with E-state index in [4.69, 9.17) is 30.3 Å². The van der Waals surface area contributed by atoms with Gasteiger partial charge in [0, 0.05) is 54.8 Å². The van der Waals surface area contributed by atoms with E-state index in [1.54, 1.807) is 26.4 Å². The van der Waals surface area contributed by atoms with Crippen molar-refractivity contribution in [3.63, 3.8) is 0 Å². The van der Waals surface area contributed by atoms with E-state index in [0.29, 0.717) is 45.8 Å². The van der Waals surface area contributed by atoms with Crippen molar-refractivity contribution in [1.29, 1.82) is 0 Å². The molecule has 9 nitrogen and oxygen atoms in total. The van der Waals surface area contributed by atoms with Gasteiger partial charge in [0.1, 0.15) is 17.2 Å². The summed E-state index contributed by atoms with van der Waals surface area (Å²) in [5.41, 5.74) is 1.44. The Morgan fingerprint density at radius 1 is 1.18 bits per heavy atom.